The van der Waals surface area contributed by atoms with E-state index in [9.17, 15) is 5.11 Å². The molecule has 0 radical (unpaired) electrons. The Morgan fingerprint density at radius 3 is 2.83 bits per heavy atom. The summed E-state index contributed by atoms with van der Waals surface area (Å²) in [6.45, 7) is 4.26. The topological polar surface area (TPSA) is 35.9 Å². The van der Waals surface area contributed by atoms with E-state index < -0.39 is 0 Å². The summed E-state index contributed by atoms with van der Waals surface area (Å²) in [5, 5.41) is 9.59. The van der Waals surface area contributed by atoms with Crippen LogP contribution in [0.1, 0.15) is 6.92 Å². The smallest absolute Gasteiger partial charge is 0.120 e. The molecule has 18 heavy (non-hydrogen) atoms. The zero-order chi connectivity index (χ0) is 13.1. The maximum Gasteiger partial charge on any atom is 0.120 e. The van der Waals surface area contributed by atoms with Crippen LogP contribution in [0.25, 0.3) is 0 Å². The lowest BCUT2D eigenvalue weighted by atomic mass is 10.1. The van der Waals surface area contributed by atoms with Gasteiger partial charge in [0, 0.05) is 30.9 Å². The van der Waals surface area contributed by atoms with Gasteiger partial charge >= 0.3 is 0 Å². The fraction of sp³-hybridized carbons (Fsp3) is 0.571. The summed E-state index contributed by atoms with van der Waals surface area (Å²) in [5.74, 6) is 0.857. The molecule has 100 valence electrons. The predicted octanol–water partition coefficient (Wildman–Crippen LogP) is 1.20. The average molecular weight is 250 g/mol. The summed E-state index contributed by atoms with van der Waals surface area (Å²) < 4.78 is 5.27. The van der Waals surface area contributed by atoms with Crippen LogP contribution in [0.2, 0.25) is 0 Å². The van der Waals surface area contributed by atoms with Crippen molar-refractivity contribution in [3.05, 3.63) is 24.3 Å². The van der Waals surface area contributed by atoms with Crippen LogP contribution in [-0.4, -0.2) is 55.9 Å². The van der Waals surface area contributed by atoms with Crippen LogP contribution < -0.4 is 9.64 Å². The fourth-order valence-electron chi connectivity index (χ4n) is 2.80. The van der Waals surface area contributed by atoms with Crippen molar-refractivity contribution in [3.8, 4) is 5.75 Å². The number of aliphatic hydroxyl groups excluding tert-OH is 1. The first-order chi connectivity index (χ1) is 8.65. The number of anilines is 1. The predicted molar refractivity (Wildman–Crippen MR) is 73.3 cm³/mol. The van der Waals surface area contributed by atoms with E-state index in [1.54, 1.807) is 7.11 Å². The van der Waals surface area contributed by atoms with Gasteiger partial charge in [-0.25, -0.2) is 0 Å². The van der Waals surface area contributed by atoms with Crippen molar-refractivity contribution in [2.45, 2.75) is 19.0 Å². The standard InChI is InChI=1S/C14H22N2O2/c1-11-8-15(2)9-13(10-17)16(11)12-5-4-6-14(7-12)18-3/h4-7,11,13,17H,8-10H2,1-3H3. The summed E-state index contributed by atoms with van der Waals surface area (Å²) in [6, 6.07) is 8.57. The molecule has 2 atom stereocenters. The summed E-state index contributed by atoms with van der Waals surface area (Å²) in [6.07, 6.45) is 0. The van der Waals surface area contributed by atoms with Crippen molar-refractivity contribution < 1.29 is 9.84 Å². The molecule has 0 aliphatic carbocycles. The molecule has 1 aromatic rings. The average Bonchev–Trinajstić information content (AvgIpc) is 2.37. The monoisotopic (exact) mass is 250 g/mol. The van der Waals surface area contributed by atoms with E-state index in [4.69, 9.17) is 4.74 Å². The summed E-state index contributed by atoms with van der Waals surface area (Å²) >= 11 is 0. The molecule has 1 heterocycles. The van der Waals surface area contributed by atoms with Gasteiger partial charge in [0.2, 0.25) is 0 Å². The molecule has 1 saturated heterocycles. The van der Waals surface area contributed by atoms with Crippen LogP contribution in [0, 0.1) is 0 Å². The molecule has 1 aromatic carbocycles. The molecule has 1 aliphatic heterocycles. The molecule has 2 unspecified atom stereocenters. The Balaban J connectivity index is 2.27. The number of rotatable bonds is 3. The van der Waals surface area contributed by atoms with Gasteiger partial charge in [-0.3, -0.25) is 0 Å². The number of likely N-dealkylation sites (N-methyl/N-ethyl adjacent to an activating group) is 1. The Morgan fingerprint density at radius 2 is 2.17 bits per heavy atom. The van der Waals surface area contributed by atoms with Crippen LogP contribution in [0.4, 0.5) is 5.69 Å². The third-order valence-electron chi connectivity index (χ3n) is 3.53. The molecule has 0 amide bonds. The second-order valence-electron chi connectivity index (χ2n) is 5.02. The zero-order valence-corrected chi connectivity index (χ0v) is 11.3. The number of methoxy groups -OCH3 is 1. The lowest BCUT2D eigenvalue weighted by Crippen LogP contribution is -2.58. The van der Waals surface area contributed by atoms with Gasteiger partial charge in [-0.2, -0.15) is 0 Å². The largest absolute Gasteiger partial charge is 0.497 e. The van der Waals surface area contributed by atoms with E-state index in [2.05, 4.69) is 29.8 Å². The molecule has 2 rings (SSSR count). The van der Waals surface area contributed by atoms with Gasteiger partial charge in [0.1, 0.15) is 5.75 Å². The molecule has 0 spiro atoms. The normalized spacial score (nSPS) is 25.2. The first-order valence-electron chi connectivity index (χ1n) is 6.37. The first-order valence-corrected chi connectivity index (χ1v) is 6.37. The number of piperazine rings is 1. The van der Waals surface area contributed by atoms with Gasteiger partial charge in [-0.05, 0) is 26.1 Å². The number of hydrogen-bond acceptors (Lipinski definition) is 4. The van der Waals surface area contributed by atoms with Crippen molar-refractivity contribution in [2.24, 2.45) is 0 Å². The van der Waals surface area contributed by atoms with Gasteiger partial charge in [0.25, 0.3) is 0 Å². The summed E-state index contributed by atoms with van der Waals surface area (Å²) in [5.41, 5.74) is 1.12. The van der Waals surface area contributed by atoms with Gasteiger partial charge in [0.05, 0.1) is 19.8 Å². The van der Waals surface area contributed by atoms with E-state index in [0.29, 0.717) is 6.04 Å². The Morgan fingerprint density at radius 1 is 1.39 bits per heavy atom. The van der Waals surface area contributed by atoms with Crippen molar-refractivity contribution in [3.63, 3.8) is 0 Å². The molecule has 0 saturated carbocycles. The highest BCUT2D eigenvalue weighted by Crippen LogP contribution is 2.27. The zero-order valence-electron chi connectivity index (χ0n) is 11.3. The number of hydrogen-bond donors (Lipinski definition) is 1. The minimum Gasteiger partial charge on any atom is -0.497 e. The van der Waals surface area contributed by atoms with Gasteiger partial charge < -0.3 is 19.6 Å². The molecular formula is C14H22N2O2. The van der Waals surface area contributed by atoms with E-state index in [0.717, 1.165) is 24.5 Å². The lowest BCUT2D eigenvalue weighted by molar-refractivity contribution is 0.171. The van der Waals surface area contributed by atoms with Crippen molar-refractivity contribution in [1.82, 2.24) is 4.90 Å². The van der Waals surface area contributed by atoms with Crippen molar-refractivity contribution in [2.75, 3.05) is 38.8 Å². The van der Waals surface area contributed by atoms with Gasteiger partial charge in [-0.15, -0.1) is 0 Å². The van der Waals surface area contributed by atoms with Crippen LogP contribution in [0.3, 0.4) is 0 Å². The summed E-state index contributed by atoms with van der Waals surface area (Å²) in [4.78, 5) is 4.56. The molecule has 1 fully saturated rings. The lowest BCUT2D eigenvalue weighted by Gasteiger charge is -2.45. The molecule has 4 heteroatoms. The minimum atomic E-state index is 0.144. The molecule has 0 aromatic heterocycles. The third-order valence-corrected chi connectivity index (χ3v) is 3.53. The maximum absolute atomic E-state index is 9.59. The molecule has 1 aliphatic rings. The van der Waals surface area contributed by atoms with E-state index >= 15 is 0 Å². The maximum atomic E-state index is 9.59. The number of nitrogens with zero attached hydrogens (tertiary/aromatic N) is 2. The highest BCUT2D eigenvalue weighted by atomic mass is 16.5. The van der Waals surface area contributed by atoms with Crippen molar-refractivity contribution in [1.29, 1.82) is 0 Å². The highest BCUT2D eigenvalue weighted by Gasteiger charge is 2.30. The van der Waals surface area contributed by atoms with Crippen LogP contribution in [0.5, 0.6) is 5.75 Å². The Bertz CT molecular complexity index is 397. The molecule has 0 bridgehead atoms. The minimum absolute atomic E-state index is 0.144. The van der Waals surface area contributed by atoms with E-state index in [1.807, 2.05) is 18.2 Å². The van der Waals surface area contributed by atoms with E-state index in [1.165, 1.54) is 0 Å². The second kappa shape index (κ2) is 5.59. The van der Waals surface area contributed by atoms with Crippen LogP contribution in [0.15, 0.2) is 24.3 Å². The second-order valence-corrected chi connectivity index (χ2v) is 5.02. The van der Waals surface area contributed by atoms with Gasteiger partial charge in [-0.1, -0.05) is 6.07 Å². The Labute approximate surface area is 109 Å². The fourth-order valence-corrected chi connectivity index (χ4v) is 2.80. The highest BCUT2D eigenvalue weighted by molar-refractivity contribution is 5.53. The number of benzene rings is 1. The van der Waals surface area contributed by atoms with Crippen molar-refractivity contribution >= 4 is 5.69 Å². The molecule has 1 N–H and O–H groups in total. The first kappa shape index (κ1) is 13.2. The SMILES string of the molecule is COc1cccc(N2C(C)CN(C)CC2CO)c1. The van der Waals surface area contributed by atoms with Gasteiger partial charge in [0.15, 0.2) is 0 Å². The molecule has 4 nitrogen and oxygen atoms in total. The third kappa shape index (κ3) is 2.60. The van der Waals surface area contributed by atoms with E-state index in [-0.39, 0.29) is 12.6 Å². The number of aliphatic hydroxyl groups is 1. The number of ether oxygens (including phenoxy) is 1. The van der Waals surface area contributed by atoms with Crippen LogP contribution >= 0.6 is 0 Å². The quantitative estimate of drug-likeness (QED) is 0.874. The summed E-state index contributed by atoms with van der Waals surface area (Å²) in [7, 11) is 3.78. The van der Waals surface area contributed by atoms with Crippen LogP contribution in [-0.2, 0) is 0 Å². The Hall–Kier alpha value is -1.26. The molecular weight excluding hydrogens is 228 g/mol. The Kier molecular flexibility index (Phi) is 4.09.